The number of carbonyl (C=O) groups is 3. The summed E-state index contributed by atoms with van der Waals surface area (Å²) in [4.78, 5) is 44.5. The van der Waals surface area contributed by atoms with Crippen molar-refractivity contribution in [2.45, 2.75) is 50.2 Å². The topological polar surface area (TPSA) is 91.0 Å². The molecule has 268 valence electrons. The van der Waals surface area contributed by atoms with E-state index in [0.717, 1.165) is 53.8 Å². The molecule has 0 spiro atoms. The normalized spacial score (nSPS) is 15.2. The Morgan fingerprint density at radius 2 is 1.43 bits per heavy atom. The summed E-state index contributed by atoms with van der Waals surface area (Å²) in [6, 6.07) is 29.0. The average Bonchev–Trinajstić information content (AvgIpc) is 3.68. The summed E-state index contributed by atoms with van der Waals surface area (Å²) in [7, 11) is 3.08. The molecule has 1 aliphatic rings. The van der Waals surface area contributed by atoms with Crippen molar-refractivity contribution >= 4 is 17.7 Å². The van der Waals surface area contributed by atoms with Crippen LogP contribution in [0, 0.1) is 11.6 Å². The van der Waals surface area contributed by atoms with Crippen molar-refractivity contribution < 1.29 is 27.9 Å². The Balaban J connectivity index is 1.37. The van der Waals surface area contributed by atoms with Gasteiger partial charge in [0.1, 0.15) is 18.7 Å². The zero-order valence-electron chi connectivity index (χ0n) is 29.2. The number of rotatable bonds is 16. The molecule has 1 heterocycles. The van der Waals surface area contributed by atoms with E-state index in [0.29, 0.717) is 25.1 Å². The van der Waals surface area contributed by atoms with Crippen molar-refractivity contribution in [3.63, 3.8) is 0 Å². The molecule has 0 bridgehead atoms. The minimum absolute atomic E-state index is 0.0652. The van der Waals surface area contributed by atoms with E-state index in [1.807, 2.05) is 84.9 Å². The highest BCUT2D eigenvalue weighted by Gasteiger charge is 2.35. The molecule has 1 aliphatic heterocycles. The van der Waals surface area contributed by atoms with E-state index < -0.39 is 35.5 Å². The van der Waals surface area contributed by atoms with Gasteiger partial charge >= 0.3 is 0 Å². The number of hydrogen-bond acceptors (Lipinski definition) is 5. The maximum absolute atomic E-state index is 14.5. The first-order valence-electron chi connectivity index (χ1n) is 17.4. The van der Waals surface area contributed by atoms with Crippen molar-refractivity contribution in [3.05, 3.63) is 131 Å². The fourth-order valence-electron chi connectivity index (χ4n) is 6.32. The number of halogens is 2. The number of amides is 3. The van der Waals surface area contributed by atoms with Gasteiger partial charge in [-0.15, -0.1) is 0 Å². The quantitative estimate of drug-likeness (QED) is 0.168. The molecule has 0 radical (unpaired) electrons. The lowest BCUT2D eigenvalue weighted by Gasteiger charge is -2.34. The van der Waals surface area contributed by atoms with E-state index in [2.05, 4.69) is 10.6 Å². The van der Waals surface area contributed by atoms with Gasteiger partial charge in [-0.2, -0.15) is 0 Å². The van der Waals surface area contributed by atoms with Crippen LogP contribution in [0.5, 0.6) is 0 Å². The Labute approximate surface area is 298 Å². The second-order valence-corrected chi connectivity index (χ2v) is 13.0. The van der Waals surface area contributed by atoms with Crippen molar-refractivity contribution in [3.8, 4) is 11.1 Å². The molecule has 5 rings (SSSR count). The van der Waals surface area contributed by atoms with Crippen LogP contribution in [0.1, 0.15) is 29.5 Å². The molecule has 0 saturated carbocycles. The molecule has 4 aromatic rings. The van der Waals surface area contributed by atoms with Crippen molar-refractivity contribution in [2.24, 2.45) is 0 Å². The largest absolute Gasteiger partial charge is 0.370 e. The number of nitrogens with one attached hydrogen (secondary N) is 2. The third kappa shape index (κ3) is 10.5. The first-order chi connectivity index (χ1) is 24.7. The van der Waals surface area contributed by atoms with Gasteiger partial charge in [0.15, 0.2) is 11.6 Å². The first kappa shape index (κ1) is 37.3. The molecule has 3 atom stereocenters. The van der Waals surface area contributed by atoms with Gasteiger partial charge in [0.2, 0.25) is 17.7 Å². The van der Waals surface area contributed by atoms with Gasteiger partial charge in [0, 0.05) is 39.5 Å². The van der Waals surface area contributed by atoms with Gasteiger partial charge in [0.25, 0.3) is 0 Å². The zero-order valence-corrected chi connectivity index (χ0v) is 29.2. The number of hydrogen-bond donors (Lipinski definition) is 2. The summed E-state index contributed by atoms with van der Waals surface area (Å²) >= 11 is 0. The molecule has 0 unspecified atom stereocenters. The van der Waals surface area contributed by atoms with Crippen LogP contribution in [-0.4, -0.2) is 86.0 Å². The van der Waals surface area contributed by atoms with Gasteiger partial charge in [-0.05, 0) is 65.8 Å². The Kier molecular flexibility index (Phi) is 13.4. The Bertz CT molecular complexity index is 1730. The molecule has 8 nitrogen and oxygen atoms in total. The van der Waals surface area contributed by atoms with Gasteiger partial charge < -0.3 is 25.2 Å². The van der Waals surface area contributed by atoms with E-state index in [4.69, 9.17) is 4.74 Å². The molecule has 4 aromatic carbocycles. The van der Waals surface area contributed by atoms with E-state index in [1.54, 1.807) is 7.05 Å². The van der Waals surface area contributed by atoms with Crippen LogP contribution in [0.3, 0.4) is 0 Å². The van der Waals surface area contributed by atoms with Crippen LogP contribution < -0.4 is 10.6 Å². The summed E-state index contributed by atoms with van der Waals surface area (Å²) in [5, 5.41) is 6.27. The molecule has 0 aliphatic carbocycles. The van der Waals surface area contributed by atoms with Crippen molar-refractivity contribution in [2.75, 3.05) is 40.4 Å². The molecule has 51 heavy (non-hydrogen) atoms. The zero-order chi connectivity index (χ0) is 36.2. The number of nitrogens with zero attached hydrogens (tertiary/aromatic N) is 2. The van der Waals surface area contributed by atoms with E-state index in [9.17, 15) is 23.2 Å². The predicted molar refractivity (Wildman–Crippen MR) is 194 cm³/mol. The van der Waals surface area contributed by atoms with Gasteiger partial charge in [0.05, 0.1) is 6.61 Å². The highest BCUT2D eigenvalue weighted by atomic mass is 19.2. The number of ether oxygens (including phenoxy) is 1. The molecule has 1 saturated heterocycles. The number of likely N-dealkylation sites (N-methyl/N-ethyl adjacent to an activating group) is 2. The molecule has 2 N–H and O–H groups in total. The number of carbonyl (C=O) groups excluding carboxylic acids is 3. The lowest BCUT2D eigenvalue weighted by atomic mass is 9.98. The van der Waals surface area contributed by atoms with Crippen LogP contribution in [0.25, 0.3) is 11.1 Å². The summed E-state index contributed by atoms with van der Waals surface area (Å²) < 4.78 is 33.8. The van der Waals surface area contributed by atoms with Gasteiger partial charge in [-0.25, -0.2) is 8.78 Å². The Hall–Kier alpha value is -4.93. The fourth-order valence-corrected chi connectivity index (χ4v) is 6.32. The molecular weight excluding hydrogens is 650 g/mol. The molecule has 0 aromatic heterocycles. The van der Waals surface area contributed by atoms with Gasteiger partial charge in [-0.1, -0.05) is 91.0 Å². The summed E-state index contributed by atoms with van der Waals surface area (Å²) in [6.45, 7) is 1.41. The van der Waals surface area contributed by atoms with Gasteiger partial charge in [-0.3, -0.25) is 14.4 Å². The SMILES string of the molecule is CN(C(=O)COC[C@H]1CCCN1)[C@H](Cc1ccc(-c2ccccc2)cc1)C(=O)N(C)[C@H](Cc1ccc(F)c(F)c1)C(=O)NCCc1ccccc1. The van der Waals surface area contributed by atoms with E-state index in [-0.39, 0.29) is 31.4 Å². The summed E-state index contributed by atoms with van der Waals surface area (Å²) in [5.74, 6) is -3.33. The Morgan fingerprint density at radius 1 is 0.784 bits per heavy atom. The highest BCUT2D eigenvalue weighted by molar-refractivity contribution is 5.92. The maximum Gasteiger partial charge on any atom is 0.249 e. The number of benzene rings is 4. The maximum atomic E-state index is 14.5. The standard InChI is InChI=1S/C41H46F2N4O4/c1-46(39(48)28-51-27-34-14-9-22-44-34)38(25-30-15-18-33(19-16-30)32-12-7-4-8-13-32)41(50)47(2)37(26-31-17-20-35(42)36(43)24-31)40(49)45-23-21-29-10-5-3-6-11-29/h3-8,10-13,15-20,24,34,37-38,44H,9,14,21-23,25-28H2,1-2H3,(H,45,49)/t34-,37-,38-/m1/s1. The van der Waals surface area contributed by atoms with Crippen LogP contribution in [-0.2, 0) is 38.4 Å². The second-order valence-electron chi connectivity index (χ2n) is 13.0. The lowest BCUT2D eigenvalue weighted by Crippen LogP contribution is -2.56. The molecule has 3 amide bonds. The summed E-state index contributed by atoms with van der Waals surface area (Å²) in [6.07, 6.45) is 2.71. The van der Waals surface area contributed by atoms with Crippen LogP contribution >= 0.6 is 0 Å². The second kappa shape index (κ2) is 18.3. The van der Waals surface area contributed by atoms with Crippen LogP contribution in [0.15, 0.2) is 103 Å². The van der Waals surface area contributed by atoms with Crippen LogP contribution in [0.2, 0.25) is 0 Å². The van der Waals surface area contributed by atoms with Crippen molar-refractivity contribution in [1.82, 2.24) is 20.4 Å². The highest BCUT2D eigenvalue weighted by Crippen LogP contribution is 2.22. The monoisotopic (exact) mass is 696 g/mol. The third-order valence-corrected chi connectivity index (χ3v) is 9.43. The molecule has 1 fully saturated rings. The van der Waals surface area contributed by atoms with Crippen molar-refractivity contribution in [1.29, 1.82) is 0 Å². The smallest absolute Gasteiger partial charge is 0.249 e. The lowest BCUT2D eigenvalue weighted by molar-refractivity contribution is -0.149. The first-order valence-corrected chi connectivity index (χ1v) is 17.4. The summed E-state index contributed by atoms with van der Waals surface area (Å²) in [5.41, 5.74) is 4.26. The molecular formula is C41H46F2N4O4. The van der Waals surface area contributed by atoms with E-state index in [1.165, 1.54) is 22.9 Å². The van der Waals surface area contributed by atoms with E-state index >= 15 is 0 Å². The minimum Gasteiger partial charge on any atom is -0.370 e. The van der Waals surface area contributed by atoms with Crippen LogP contribution in [0.4, 0.5) is 8.78 Å². The predicted octanol–water partition coefficient (Wildman–Crippen LogP) is 5.20. The Morgan fingerprint density at radius 3 is 2.10 bits per heavy atom. The average molecular weight is 697 g/mol. The third-order valence-electron chi connectivity index (χ3n) is 9.43. The minimum atomic E-state index is -1.07. The fraction of sp³-hybridized carbons (Fsp3) is 0.341. The molecule has 10 heteroatoms.